The molecule has 1 N–H and O–H groups in total. The smallest absolute Gasteiger partial charge is 0.303 e. The molecule has 2 rings (SSSR count). The van der Waals surface area contributed by atoms with Crippen LogP contribution < -0.4 is 0 Å². The Labute approximate surface area is 79.3 Å². The van der Waals surface area contributed by atoms with Gasteiger partial charge in [-0.05, 0) is 42.4 Å². The monoisotopic (exact) mass is 182 g/mol. The van der Waals surface area contributed by atoms with Gasteiger partial charge >= 0.3 is 5.97 Å². The first-order valence-electron chi connectivity index (χ1n) is 5.28. The van der Waals surface area contributed by atoms with E-state index in [1.54, 1.807) is 0 Å². The summed E-state index contributed by atoms with van der Waals surface area (Å²) in [5.41, 5.74) is 0.556. The van der Waals surface area contributed by atoms with Crippen molar-refractivity contribution in [2.24, 2.45) is 23.2 Å². The van der Waals surface area contributed by atoms with E-state index in [1.165, 1.54) is 12.8 Å². The van der Waals surface area contributed by atoms with Crippen LogP contribution in [0.4, 0.5) is 0 Å². The van der Waals surface area contributed by atoms with E-state index in [1.807, 2.05) is 0 Å². The van der Waals surface area contributed by atoms with Crippen molar-refractivity contribution in [2.75, 3.05) is 0 Å². The Hall–Kier alpha value is -0.530. The molecule has 0 aromatic rings. The summed E-state index contributed by atoms with van der Waals surface area (Å²) in [5.74, 6) is 1.36. The van der Waals surface area contributed by atoms with Gasteiger partial charge in [-0.1, -0.05) is 13.8 Å². The quantitative estimate of drug-likeness (QED) is 0.728. The van der Waals surface area contributed by atoms with Crippen molar-refractivity contribution in [1.29, 1.82) is 0 Å². The van der Waals surface area contributed by atoms with Gasteiger partial charge in [0.1, 0.15) is 0 Å². The molecule has 2 fully saturated rings. The molecule has 13 heavy (non-hydrogen) atoms. The van der Waals surface area contributed by atoms with Crippen LogP contribution in [0.15, 0.2) is 0 Å². The Morgan fingerprint density at radius 2 is 2.31 bits per heavy atom. The van der Waals surface area contributed by atoms with Gasteiger partial charge in [-0.25, -0.2) is 0 Å². The van der Waals surface area contributed by atoms with Crippen LogP contribution in [0.2, 0.25) is 0 Å². The van der Waals surface area contributed by atoms with E-state index >= 15 is 0 Å². The maximum Gasteiger partial charge on any atom is 0.303 e. The number of aliphatic carboxylic acids is 1. The molecule has 2 aliphatic carbocycles. The second kappa shape index (κ2) is 2.73. The molecule has 74 valence electrons. The van der Waals surface area contributed by atoms with E-state index in [-0.39, 0.29) is 0 Å². The van der Waals surface area contributed by atoms with E-state index in [0.717, 1.165) is 18.3 Å². The Morgan fingerprint density at radius 3 is 2.69 bits per heavy atom. The molecule has 2 saturated carbocycles. The van der Waals surface area contributed by atoms with Crippen LogP contribution in [-0.2, 0) is 4.79 Å². The predicted molar refractivity (Wildman–Crippen MR) is 50.4 cm³/mol. The van der Waals surface area contributed by atoms with Crippen molar-refractivity contribution in [1.82, 2.24) is 0 Å². The minimum absolute atomic E-state index is 0.402. The minimum atomic E-state index is -0.614. The van der Waals surface area contributed by atoms with Crippen LogP contribution in [0.1, 0.15) is 39.5 Å². The summed E-state index contributed by atoms with van der Waals surface area (Å²) in [4.78, 5) is 10.6. The van der Waals surface area contributed by atoms with Crippen LogP contribution in [0.3, 0.4) is 0 Å². The van der Waals surface area contributed by atoms with E-state index in [9.17, 15) is 4.79 Å². The van der Waals surface area contributed by atoms with Crippen LogP contribution in [0.5, 0.6) is 0 Å². The van der Waals surface area contributed by atoms with Gasteiger partial charge in [-0.2, -0.15) is 0 Å². The molecule has 2 heteroatoms. The number of carboxylic acids is 1. The molecule has 0 spiro atoms. The molecule has 0 radical (unpaired) electrons. The van der Waals surface area contributed by atoms with Crippen LogP contribution in [0, 0.1) is 23.2 Å². The Balaban J connectivity index is 1.97. The maximum absolute atomic E-state index is 10.6. The lowest BCUT2D eigenvalue weighted by molar-refractivity contribution is -0.138. The molecular weight excluding hydrogens is 164 g/mol. The lowest BCUT2D eigenvalue weighted by Crippen LogP contribution is -2.09. The van der Waals surface area contributed by atoms with Crippen molar-refractivity contribution in [2.45, 2.75) is 39.5 Å². The average Bonchev–Trinajstić information content (AvgIpc) is 2.66. The summed E-state index contributed by atoms with van der Waals surface area (Å²) in [6.45, 7) is 4.56. The zero-order chi connectivity index (χ0) is 9.64. The molecular formula is C11H18O2. The molecule has 2 aliphatic rings. The fraction of sp³-hybridized carbons (Fsp3) is 0.909. The van der Waals surface area contributed by atoms with E-state index in [2.05, 4.69) is 13.8 Å². The second-order valence-electron chi connectivity index (χ2n) is 5.10. The summed E-state index contributed by atoms with van der Waals surface area (Å²) in [7, 11) is 0. The van der Waals surface area contributed by atoms with Crippen molar-refractivity contribution >= 4 is 5.97 Å². The zero-order valence-corrected chi connectivity index (χ0v) is 8.42. The fourth-order valence-corrected chi connectivity index (χ4v) is 3.35. The van der Waals surface area contributed by atoms with Crippen molar-refractivity contribution in [3.8, 4) is 0 Å². The highest BCUT2D eigenvalue weighted by Gasteiger charge is 2.62. The summed E-state index contributed by atoms with van der Waals surface area (Å²) < 4.78 is 0. The van der Waals surface area contributed by atoms with Crippen LogP contribution >= 0.6 is 0 Å². The first-order chi connectivity index (χ1) is 6.06. The van der Waals surface area contributed by atoms with Gasteiger partial charge in [0.15, 0.2) is 0 Å². The summed E-state index contributed by atoms with van der Waals surface area (Å²) in [6.07, 6.45) is 4.12. The molecule has 0 aliphatic heterocycles. The average molecular weight is 182 g/mol. The zero-order valence-electron chi connectivity index (χ0n) is 8.42. The minimum Gasteiger partial charge on any atom is -0.481 e. The highest BCUT2D eigenvalue weighted by atomic mass is 16.4. The number of fused-ring (bicyclic) bond motifs is 1. The standard InChI is InChI=1S/C11H18O2/c1-7(2)11-4-3-8(5-10(12)13)9(11)6-11/h7-9H,3-6H2,1-2H3,(H,12,13). The summed E-state index contributed by atoms with van der Waals surface area (Å²) >= 11 is 0. The molecule has 0 saturated heterocycles. The van der Waals surface area contributed by atoms with Gasteiger partial charge in [0.25, 0.3) is 0 Å². The third-order valence-corrected chi connectivity index (χ3v) is 4.31. The van der Waals surface area contributed by atoms with Gasteiger partial charge in [0.05, 0.1) is 0 Å². The molecule has 2 nitrogen and oxygen atoms in total. The normalized spacial score (nSPS) is 42.1. The third-order valence-electron chi connectivity index (χ3n) is 4.31. The van der Waals surface area contributed by atoms with Crippen molar-refractivity contribution in [3.05, 3.63) is 0 Å². The maximum atomic E-state index is 10.6. The highest BCUT2D eigenvalue weighted by Crippen LogP contribution is 2.70. The van der Waals surface area contributed by atoms with Crippen molar-refractivity contribution < 1.29 is 9.90 Å². The van der Waals surface area contributed by atoms with Gasteiger partial charge in [-0.15, -0.1) is 0 Å². The molecule has 3 atom stereocenters. The van der Waals surface area contributed by atoms with Gasteiger partial charge < -0.3 is 5.11 Å². The van der Waals surface area contributed by atoms with E-state index in [4.69, 9.17) is 5.11 Å². The first-order valence-corrected chi connectivity index (χ1v) is 5.28. The first kappa shape index (κ1) is 9.04. The van der Waals surface area contributed by atoms with Gasteiger partial charge in [0.2, 0.25) is 0 Å². The second-order valence-corrected chi connectivity index (χ2v) is 5.10. The largest absolute Gasteiger partial charge is 0.481 e. The number of hydrogen-bond acceptors (Lipinski definition) is 1. The molecule has 0 amide bonds. The number of rotatable bonds is 3. The molecule has 0 bridgehead atoms. The Kier molecular flexibility index (Phi) is 1.90. The Morgan fingerprint density at radius 1 is 1.62 bits per heavy atom. The Bertz CT molecular complexity index is 234. The lowest BCUT2D eigenvalue weighted by atomic mass is 9.90. The lowest BCUT2D eigenvalue weighted by Gasteiger charge is -2.15. The molecule has 0 aromatic carbocycles. The number of hydrogen-bond donors (Lipinski definition) is 1. The topological polar surface area (TPSA) is 37.3 Å². The fourth-order valence-electron chi connectivity index (χ4n) is 3.35. The summed E-state index contributed by atoms with van der Waals surface area (Å²) in [6, 6.07) is 0. The number of carbonyl (C=O) groups is 1. The third kappa shape index (κ3) is 1.27. The summed E-state index contributed by atoms with van der Waals surface area (Å²) in [5, 5.41) is 8.73. The van der Waals surface area contributed by atoms with Crippen molar-refractivity contribution in [3.63, 3.8) is 0 Å². The van der Waals surface area contributed by atoms with Crippen LogP contribution in [-0.4, -0.2) is 11.1 Å². The highest BCUT2D eigenvalue weighted by molar-refractivity contribution is 5.67. The predicted octanol–water partition coefficient (Wildman–Crippen LogP) is 2.53. The van der Waals surface area contributed by atoms with E-state index < -0.39 is 5.97 Å². The van der Waals surface area contributed by atoms with Crippen LogP contribution in [0.25, 0.3) is 0 Å². The van der Waals surface area contributed by atoms with E-state index in [0.29, 0.717) is 17.8 Å². The molecule has 0 aromatic heterocycles. The number of carboxylic acid groups (broad SMARTS) is 1. The van der Waals surface area contributed by atoms with Gasteiger partial charge in [0, 0.05) is 6.42 Å². The SMILES string of the molecule is CC(C)C12CCC(CC(=O)O)C1C2. The molecule has 3 unspecified atom stereocenters. The molecule has 0 heterocycles. The van der Waals surface area contributed by atoms with Gasteiger partial charge in [-0.3, -0.25) is 4.79 Å².